The summed E-state index contributed by atoms with van der Waals surface area (Å²) < 4.78 is 0. The van der Waals surface area contributed by atoms with Crippen LogP contribution in [0.4, 0.5) is 11.4 Å². The first-order valence-electron chi connectivity index (χ1n) is 12.4. The summed E-state index contributed by atoms with van der Waals surface area (Å²) in [5.74, 6) is -0.318. The summed E-state index contributed by atoms with van der Waals surface area (Å²) in [6.45, 7) is 0. The van der Waals surface area contributed by atoms with E-state index in [-0.39, 0.29) is 11.8 Å². The number of amides is 2. The average Bonchev–Trinajstić information content (AvgIpc) is 2.98. The van der Waals surface area contributed by atoms with Gasteiger partial charge in [-0.15, -0.1) is 0 Å². The number of benzene rings is 6. The van der Waals surface area contributed by atoms with Crippen LogP contribution in [0, 0.1) is 0 Å². The molecule has 0 atom stereocenters. The third kappa shape index (κ3) is 4.63. The zero-order valence-corrected chi connectivity index (χ0v) is 20.5. The maximum atomic E-state index is 12.9. The number of hydrogen-bond donors (Lipinski definition) is 2. The van der Waals surface area contributed by atoms with Crippen LogP contribution in [0.2, 0.25) is 0 Å². The topological polar surface area (TPSA) is 58.2 Å². The molecule has 182 valence electrons. The van der Waals surface area contributed by atoms with E-state index in [2.05, 4.69) is 10.6 Å². The van der Waals surface area contributed by atoms with Crippen molar-refractivity contribution in [2.45, 2.75) is 0 Å². The van der Waals surface area contributed by atoms with Gasteiger partial charge in [-0.3, -0.25) is 9.59 Å². The van der Waals surface area contributed by atoms with Crippen LogP contribution in [0.1, 0.15) is 20.7 Å². The monoisotopic (exact) mass is 492 g/mol. The smallest absolute Gasteiger partial charge is 0.255 e. The van der Waals surface area contributed by atoms with Crippen molar-refractivity contribution in [3.63, 3.8) is 0 Å². The molecule has 0 aliphatic carbocycles. The first-order chi connectivity index (χ1) is 18.7. The molecule has 0 spiro atoms. The van der Waals surface area contributed by atoms with Gasteiger partial charge >= 0.3 is 0 Å². The molecular weight excluding hydrogens is 468 g/mol. The van der Waals surface area contributed by atoms with Crippen molar-refractivity contribution < 1.29 is 9.59 Å². The van der Waals surface area contributed by atoms with Gasteiger partial charge in [-0.25, -0.2) is 0 Å². The summed E-state index contributed by atoms with van der Waals surface area (Å²) in [6, 6.07) is 42.6. The Balaban J connectivity index is 1.15. The molecular formula is C34H24N2O2. The van der Waals surface area contributed by atoms with Crippen LogP contribution in [0.5, 0.6) is 0 Å². The van der Waals surface area contributed by atoms with Crippen LogP contribution >= 0.6 is 0 Å². The van der Waals surface area contributed by atoms with Gasteiger partial charge in [0.05, 0.1) is 0 Å². The van der Waals surface area contributed by atoms with E-state index >= 15 is 0 Å². The molecule has 38 heavy (non-hydrogen) atoms. The lowest BCUT2D eigenvalue weighted by molar-refractivity contribution is 0.101. The summed E-state index contributed by atoms with van der Waals surface area (Å²) in [6.07, 6.45) is 0. The number of carbonyl (C=O) groups is 2. The predicted molar refractivity (Wildman–Crippen MR) is 156 cm³/mol. The Hall–Kier alpha value is -5.22. The molecule has 4 nitrogen and oxygen atoms in total. The van der Waals surface area contributed by atoms with E-state index in [9.17, 15) is 9.59 Å². The van der Waals surface area contributed by atoms with E-state index in [1.165, 1.54) is 0 Å². The van der Waals surface area contributed by atoms with Gasteiger partial charge in [-0.2, -0.15) is 0 Å². The molecule has 0 aliphatic rings. The SMILES string of the molecule is O=C(Nc1cccc2ccccc12)c1ccc(-c2ccc(C(=O)Nc3cccc4ccccc34)cc2)cc1. The van der Waals surface area contributed by atoms with Crippen LogP contribution < -0.4 is 10.6 Å². The Kier molecular flexibility index (Phi) is 6.12. The molecule has 6 aromatic rings. The van der Waals surface area contributed by atoms with Crippen molar-refractivity contribution >= 4 is 44.7 Å². The molecule has 0 unspecified atom stereocenters. The van der Waals surface area contributed by atoms with Gasteiger partial charge in [0.1, 0.15) is 0 Å². The standard InChI is InChI=1S/C34H24N2O2/c37-33(35-31-13-5-9-25-7-1-3-11-29(25)31)27-19-15-23(16-20-27)24-17-21-28(22-18-24)34(38)36-32-14-6-10-26-8-2-4-12-30(26)32/h1-22H,(H,35,37)(H,36,38). The highest BCUT2D eigenvalue weighted by Crippen LogP contribution is 2.26. The Morgan fingerprint density at radius 2 is 0.763 bits per heavy atom. The lowest BCUT2D eigenvalue weighted by Crippen LogP contribution is -2.12. The fourth-order valence-corrected chi connectivity index (χ4v) is 4.69. The fourth-order valence-electron chi connectivity index (χ4n) is 4.69. The first kappa shape index (κ1) is 23.2. The minimum atomic E-state index is -0.159. The highest BCUT2D eigenvalue weighted by molar-refractivity contribution is 6.10. The van der Waals surface area contributed by atoms with Gasteiger partial charge in [-0.1, -0.05) is 97.1 Å². The third-order valence-corrected chi connectivity index (χ3v) is 6.70. The number of fused-ring (bicyclic) bond motifs is 2. The molecule has 0 saturated heterocycles. The Morgan fingerprint density at radius 3 is 1.18 bits per heavy atom. The van der Waals surface area contributed by atoms with Crippen molar-refractivity contribution in [1.82, 2.24) is 0 Å². The van der Waals surface area contributed by atoms with Gasteiger partial charge < -0.3 is 10.6 Å². The number of anilines is 2. The molecule has 0 fully saturated rings. The number of nitrogens with one attached hydrogen (secondary N) is 2. The van der Waals surface area contributed by atoms with E-state index in [1.54, 1.807) is 0 Å². The average molecular weight is 493 g/mol. The lowest BCUT2D eigenvalue weighted by Gasteiger charge is -2.10. The van der Waals surface area contributed by atoms with Crippen molar-refractivity contribution in [2.24, 2.45) is 0 Å². The molecule has 6 rings (SSSR count). The maximum Gasteiger partial charge on any atom is 0.255 e. The van der Waals surface area contributed by atoms with Crippen molar-refractivity contribution in [2.75, 3.05) is 10.6 Å². The summed E-state index contributed by atoms with van der Waals surface area (Å²) in [7, 11) is 0. The van der Waals surface area contributed by atoms with E-state index in [4.69, 9.17) is 0 Å². The van der Waals surface area contributed by atoms with Crippen LogP contribution in [0.15, 0.2) is 133 Å². The molecule has 4 heteroatoms. The van der Waals surface area contributed by atoms with Gasteiger partial charge in [0.2, 0.25) is 0 Å². The van der Waals surface area contributed by atoms with Crippen LogP contribution in [-0.4, -0.2) is 11.8 Å². The van der Waals surface area contributed by atoms with Crippen molar-refractivity contribution in [3.8, 4) is 11.1 Å². The minimum absolute atomic E-state index is 0.159. The lowest BCUT2D eigenvalue weighted by atomic mass is 10.0. The molecule has 2 N–H and O–H groups in total. The molecule has 0 aromatic heterocycles. The number of rotatable bonds is 5. The van der Waals surface area contributed by atoms with E-state index < -0.39 is 0 Å². The Bertz CT molecular complexity index is 1640. The van der Waals surface area contributed by atoms with E-state index in [1.807, 2.05) is 133 Å². The molecule has 0 saturated carbocycles. The largest absolute Gasteiger partial charge is 0.321 e. The quantitative estimate of drug-likeness (QED) is 0.255. The summed E-state index contributed by atoms with van der Waals surface area (Å²) in [5.41, 5.74) is 4.66. The van der Waals surface area contributed by atoms with E-state index in [0.29, 0.717) is 11.1 Å². The zero-order valence-electron chi connectivity index (χ0n) is 20.5. The number of carbonyl (C=O) groups excluding carboxylic acids is 2. The molecule has 0 bridgehead atoms. The molecule has 0 heterocycles. The normalized spacial score (nSPS) is 10.8. The van der Waals surface area contributed by atoms with Crippen LogP contribution in [0.25, 0.3) is 32.7 Å². The van der Waals surface area contributed by atoms with Gasteiger partial charge in [0.25, 0.3) is 11.8 Å². The van der Waals surface area contributed by atoms with Crippen molar-refractivity contribution in [3.05, 3.63) is 145 Å². The predicted octanol–water partition coefficient (Wildman–Crippen LogP) is 8.16. The third-order valence-electron chi connectivity index (χ3n) is 6.70. The highest BCUT2D eigenvalue weighted by Gasteiger charge is 2.11. The zero-order chi connectivity index (χ0) is 25.9. The van der Waals surface area contributed by atoms with Crippen LogP contribution in [0.3, 0.4) is 0 Å². The number of hydrogen-bond acceptors (Lipinski definition) is 2. The van der Waals surface area contributed by atoms with E-state index in [0.717, 1.165) is 44.0 Å². The molecule has 0 aliphatic heterocycles. The summed E-state index contributed by atoms with van der Waals surface area (Å²) >= 11 is 0. The summed E-state index contributed by atoms with van der Waals surface area (Å²) in [5, 5.41) is 10.2. The van der Waals surface area contributed by atoms with Crippen LogP contribution in [-0.2, 0) is 0 Å². The second-order valence-electron chi connectivity index (χ2n) is 9.12. The Labute approximate surface area is 220 Å². The fraction of sp³-hybridized carbons (Fsp3) is 0. The van der Waals surface area contributed by atoms with Crippen molar-refractivity contribution in [1.29, 1.82) is 0 Å². The molecule has 0 radical (unpaired) electrons. The maximum absolute atomic E-state index is 12.9. The second kappa shape index (κ2) is 10.0. The molecule has 6 aromatic carbocycles. The van der Waals surface area contributed by atoms with Gasteiger partial charge in [0, 0.05) is 33.3 Å². The van der Waals surface area contributed by atoms with Gasteiger partial charge in [-0.05, 0) is 58.3 Å². The molecule has 2 amide bonds. The summed E-state index contributed by atoms with van der Waals surface area (Å²) in [4.78, 5) is 25.8. The Morgan fingerprint density at radius 1 is 0.395 bits per heavy atom. The first-order valence-corrected chi connectivity index (χ1v) is 12.4. The highest BCUT2D eigenvalue weighted by atomic mass is 16.2. The van der Waals surface area contributed by atoms with Gasteiger partial charge in [0.15, 0.2) is 0 Å². The second-order valence-corrected chi connectivity index (χ2v) is 9.12. The minimum Gasteiger partial charge on any atom is -0.321 e.